The maximum Gasteiger partial charge on any atom is 0.227 e. The number of rotatable bonds is 6. The van der Waals surface area contributed by atoms with Crippen LogP contribution in [0, 0.1) is 12.7 Å². The molecule has 1 fully saturated rings. The molecule has 1 aliphatic heterocycles. The fourth-order valence-corrected chi connectivity index (χ4v) is 4.91. The Kier molecular flexibility index (Phi) is 5.41. The summed E-state index contributed by atoms with van der Waals surface area (Å²) < 4.78 is 37.4. The van der Waals surface area contributed by atoms with Gasteiger partial charge >= 0.3 is 0 Å². The molecule has 1 saturated heterocycles. The maximum absolute atomic E-state index is 13.8. The summed E-state index contributed by atoms with van der Waals surface area (Å²) in [7, 11) is -2.98. The number of aryl methyl sites for hydroxylation is 1. The predicted molar refractivity (Wildman–Crippen MR) is 101 cm³/mol. The summed E-state index contributed by atoms with van der Waals surface area (Å²) in [6.45, 7) is 4.75. The van der Waals surface area contributed by atoms with E-state index in [2.05, 4.69) is 15.3 Å². The number of nitrogens with zero attached hydrogens (tertiary/aromatic N) is 3. The molecule has 0 spiro atoms. The van der Waals surface area contributed by atoms with E-state index in [4.69, 9.17) is 0 Å². The van der Waals surface area contributed by atoms with E-state index in [0.717, 1.165) is 5.69 Å². The third kappa shape index (κ3) is 4.30. The molecular formula is C18H23FN4O2S. The second kappa shape index (κ2) is 7.57. The maximum atomic E-state index is 13.8. The summed E-state index contributed by atoms with van der Waals surface area (Å²) in [5.74, 6) is 1.17. The van der Waals surface area contributed by atoms with Crippen molar-refractivity contribution in [2.24, 2.45) is 0 Å². The summed E-state index contributed by atoms with van der Waals surface area (Å²) in [6, 6.07) is 8.28. The van der Waals surface area contributed by atoms with Gasteiger partial charge in [0.15, 0.2) is 9.84 Å². The molecule has 26 heavy (non-hydrogen) atoms. The standard InChI is InChI=1S/C18H23FN4O2S/c1-3-23(15-8-9-26(24,25)12-15)18-21-13(2)10-17(22-18)20-11-14-6-4-5-7-16(14)19/h4-7,10,15H,3,8-9,11-12H2,1-2H3,(H,20,21,22). The fourth-order valence-electron chi connectivity index (χ4n) is 3.18. The van der Waals surface area contributed by atoms with Crippen LogP contribution in [0.3, 0.4) is 0 Å². The first-order chi connectivity index (χ1) is 12.4. The molecule has 1 aromatic heterocycles. The molecule has 140 valence electrons. The highest BCUT2D eigenvalue weighted by Gasteiger charge is 2.33. The van der Waals surface area contributed by atoms with Crippen LogP contribution in [0.4, 0.5) is 16.2 Å². The molecule has 0 amide bonds. The van der Waals surface area contributed by atoms with Gasteiger partial charge in [0.1, 0.15) is 11.6 Å². The highest BCUT2D eigenvalue weighted by atomic mass is 32.2. The van der Waals surface area contributed by atoms with Gasteiger partial charge in [-0.05, 0) is 26.3 Å². The Balaban J connectivity index is 1.79. The molecular weight excluding hydrogens is 355 g/mol. The minimum absolute atomic E-state index is 0.105. The lowest BCUT2D eigenvalue weighted by molar-refractivity contribution is 0.599. The van der Waals surface area contributed by atoms with Gasteiger partial charge in [-0.15, -0.1) is 0 Å². The lowest BCUT2D eigenvalue weighted by Crippen LogP contribution is -2.37. The zero-order valence-electron chi connectivity index (χ0n) is 14.9. The number of nitrogens with one attached hydrogen (secondary N) is 1. The average molecular weight is 378 g/mol. The smallest absolute Gasteiger partial charge is 0.227 e. The SMILES string of the molecule is CCN(c1nc(C)cc(NCc2ccccc2F)n1)C1CCS(=O)(=O)C1. The van der Waals surface area contributed by atoms with Crippen LogP contribution in [0.25, 0.3) is 0 Å². The normalized spacial score (nSPS) is 18.7. The number of benzene rings is 1. The number of hydrogen-bond donors (Lipinski definition) is 1. The number of halogens is 1. The lowest BCUT2D eigenvalue weighted by atomic mass is 10.2. The van der Waals surface area contributed by atoms with Crippen LogP contribution in [-0.4, -0.2) is 42.5 Å². The monoisotopic (exact) mass is 378 g/mol. The molecule has 2 aromatic rings. The van der Waals surface area contributed by atoms with E-state index in [1.165, 1.54) is 6.07 Å². The molecule has 1 aliphatic rings. The molecule has 0 radical (unpaired) electrons. The van der Waals surface area contributed by atoms with Crippen molar-refractivity contribution in [1.82, 2.24) is 9.97 Å². The lowest BCUT2D eigenvalue weighted by Gasteiger charge is -2.27. The van der Waals surface area contributed by atoms with E-state index in [1.54, 1.807) is 24.3 Å². The van der Waals surface area contributed by atoms with Crippen molar-refractivity contribution in [2.75, 3.05) is 28.3 Å². The van der Waals surface area contributed by atoms with Crippen molar-refractivity contribution in [1.29, 1.82) is 0 Å². The largest absolute Gasteiger partial charge is 0.366 e. The van der Waals surface area contributed by atoms with E-state index in [0.29, 0.717) is 36.8 Å². The van der Waals surface area contributed by atoms with Gasteiger partial charge in [-0.25, -0.2) is 17.8 Å². The quantitative estimate of drug-likeness (QED) is 0.833. The van der Waals surface area contributed by atoms with Gasteiger partial charge in [0.2, 0.25) is 5.95 Å². The Hall–Kier alpha value is -2.22. The van der Waals surface area contributed by atoms with Gasteiger partial charge in [-0.2, -0.15) is 4.98 Å². The third-order valence-corrected chi connectivity index (χ3v) is 6.26. The minimum Gasteiger partial charge on any atom is -0.366 e. The van der Waals surface area contributed by atoms with Crippen LogP contribution in [0.15, 0.2) is 30.3 Å². The van der Waals surface area contributed by atoms with Crippen molar-refractivity contribution in [3.8, 4) is 0 Å². The first kappa shape index (κ1) is 18.6. The summed E-state index contributed by atoms with van der Waals surface area (Å²) in [6.07, 6.45) is 0.589. The van der Waals surface area contributed by atoms with Crippen LogP contribution in [0.1, 0.15) is 24.6 Å². The Morgan fingerprint density at radius 1 is 1.31 bits per heavy atom. The van der Waals surface area contributed by atoms with E-state index < -0.39 is 9.84 Å². The molecule has 1 atom stereocenters. The number of anilines is 2. The van der Waals surface area contributed by atoms with Crippen molar-refractivity contribution < 1.29 is 12.8 Å². The molecule has 0 bridgehead atoms. The van der Waals surface area contributed by atoms with Crippen molar-refractivity contribution in [3.05, 3.63) is 47.4 Å². The average Bonchev–Trinajstić information content (AvgIpc) is 2.94. The summed E-state index contributed by atoms with van der Waals surface area (Å²) in [5, 5.41) is 3.13. The molecule has 8 heteroatoms. The van der Waals surface area contributed by atoms with Crippen LogP contribution in [0.2, 0.25) is 0 Å². The summed E-state index contributed by atoms with van der Waals surface area (Å²) in [4.78, 5) is 10.9. The molecule has 3 rings (SSSR count). The van der Waals surface area contributed by atoms with Gasteiger partial charge < -0.3 is 10.2 Å². The van der Waals surface area contributed by atoms with Gasteiger partial charge in [-0.3, -0.25) is 0 Å². The van der Waals surface area contributed by atoms with E-state index in [-0.39, 0.29) is 23.4 Å². The highest BCUT2D eigenvalue weighted by molar-refractivity contribution is 7.91. The Morgan fingerprint density at radius 2 is 2.08 bits per heavy atom. The van der Waals surface area contributed by atoms with Crippen molar-refractivity contribution in [3.63, 3.8) is 0 Å². The summed E-state index contributed by atoms with van der Waals surface area (Å²) >= 11 is 0. The predicted octanol–water partition coefficient (Wildman–Crippen LogP) is 2.55. The van der Waals surface area contributed by atoms with Crippen LogP contribution in [-0.2, 0) is 16.4 Å². The third-order valence-electron chi connectivity index (χ3n) is 4.51. The fraction of sp³-hybridized carbons (Fsp3) is 0.444. The minimum atomic E-state index is -2.98. The van der Waals surface area contributed by atoms with Crippen molar-refractivity contribution in [2.45, 2.75) is 32.9 Å². The molecule has 6 nitrogen and oxygen atoms in total. The van der Waals surface area contributed by atoms with Crippen LogP contribution < -0.4 is 10.2 Å². The number of hydrogen-bond acceptors (Lipinski definition) is 6. The Bertz CT molecular complexity index is 889. The van der Waals surface area contributed by atoms with Crippen molar-refractivity contribution >= 4 is 21.6 Å². The Morgan fingerprint density at radius 3 is 2.73 bits per heavy atom. The van der Waals surface area contributed by atoms with Gasteiger partial charge in [0, 0.05) is 36.5 Å². The second-order valence-corrected chi connectivity index (χ2v) is 8.71. The van der Waals surface area contributed by atoms with Gasteiger partial charge in [0.05, 0.1) is 11.5 Å². The molecule has 1 N–H and O–H groups in total. The number of sulfone groups is 1. The molecule has 1 aromatic carbocycles. The van der Waals surface area contributed by atoms with Gasteiger partial charge in [0.25, 0.3) is 0 Å². The van der Waals surface area contributed by atoms with E-state index >= 15 is 0 Å². The highest BCUT2D eigenvalue weighted by Crippen LogP contribution is 2.23. The molecule has 2 heterocycles. The zero-order valence-corrected chi connectivity index (χ0v) is 15.8. The molecule has 1 unspecified atom stereocenters. The van der Waals surface area contributed by atoms with Gasteiger partial charge in [-0.1, -0.05) is 18.2 Å². The number of aromatic nitrogens is 2. The van der Waals surface area contributed by atoms with Crippen LogP contribution in [0.5, 0.6) is 0 Å². The topological polar surface area (TPSA) is 75.2 Å². The Labute approximate surface area is 153 Å². The summed E-state index contributed by atoms with van der Waals surface area (Å²) in [5.41, 5.74) is 1.32. The van der Waals surface area contributed by atoms with E-state index in [1.807, 2.05) is 18.7 Å². The molecule has 0 aliphatic carbocycles. The zero-order chi connectivity index (χ0) is 18.7. The molecule has 0 saturated carbocycles. The first-order valence-electron chi connectivity index (χ1n) is 8.68. The van der Waals surface area contributed by atoms with E-state index in [9.17, 15) is 12.8 Å². The second-order valence-electron chi connectivity index (χ2n) is 6.48. The first-order valence-corrected chi connectivity index (χ1v) is 10.5. The van der Waals surface area contributed by atoms with Crippen LogP contribution >= 0.6 is 0 Å².